The number of hydrogen-bond donors (Lipinski definition) is 0. The summed E-state index contributed by atoms with van der Waals surface area (Å²) >= 11 is 0. The molecule has 1 amide bonds. The molecular formula is C21H26N2O. The first-order valence-corrected chi connectivity index (χ1v) is 9.16. The lowest BCUT2D eigenvalue weighted by Crippen LogP contribution is -2.35. The van der Waals surface area contributed by atoms with Gasteiger partial charge in [0.2, 0.25) is 5.91 Å². The summed E-state index contributed by atoms with van der Waals surface area (Å²) in [6.45, 7) is 6.78. The summed E-state index contributed by atoms with van der Waals surface area (Å²) in [4.78, 5) is 16.7. The van der Waals surface area contributed by atoms with Crippen molar-refractivity contribution in [2.45, 2.75) is 26.3 Å². The minimum Gasteiger partial charge on any atom is -0.342 e. The van der Waals surface area contributed by atoms with Crippen molar-refractivity contribution < 1.29 is 4.79 Å². The molecule has 1 aromatic carbocycles. The van der Waals surface area contributed by atoms with Crippen LogP contribution in [0.25, 0.3) is 0 Å². The number of piperidine rings is 1. The fourth-order valence-electron chi connectivity index (χ4n) is 4.25. The van der Waals surface area contributed by atoms with Crippen LogP contribution in [0.3, 0.4) is 0 Å². The predicted molar refractivity (Wildman–Crippen MR) is 95.1 cm³/mol. The number of carbonyl (C=O) groups excluding carboxylic acids is 1. The molecule has 3 aliphatic rings. The van der Waals surface area contributed by atoms with Crippen molar-refractivity contribution in [1.82, 2.24) is 9.80 Å². The van der Waals surface area contributed by atoms with Gasteiger partial charge in [-0.3, -0.25) is 9.69 Å². The summed E-state index contributed by atoms with van der Waals surface area (Å²) in [5.74, 6) is 5.75. The molecule has 3 fully saturated rings. The molecule has 4 rings (SSSR count). The van der Waals surface area contributed by atoms with E-state index in [9.17, 15) is 4.79 Å². The van der Waals surface area contributed by atoms with Gasteiger partial charge < -0.3 is 4.90 Å². The molecule has 1 unspecified atom stereocenters. The van der Waals surface area contributed by atoms with Crippen molar-refractivity contribution in [2.75, 3.05) is 26.2 Å². The Hall–Kier alpha value is -1.79. The van der Waals surface area contributed by atoms with Crippen LogP contribution in [-0.2, 0) is 11.3 Å². The number of fused-ring (bicyclic) bond motifs is 1. The molecule has 126 valence electrons. The number of carbonyl (C=O) groups is 1. The zero-order valence-corrected chi connectivity index (χ0v) is 14.4. The third-order valence-electron chi connectivity index (χ3n) is 5.92. The molecule has 2 saturated carbocycles. The van der Waals surface area contributed by atoms with Gasteiger partial charge >= 0.3 is 0 Å². The number of amides is 1. The van der Waals surface area contributed by atoms with E-state index in [0.717, 1.165) is 44.9 Å². The minimum absolute atomic E-state index is 0.362. The van der Waals surface area contributed by atoms with Crippen molar-refractivity contribution in [3.05, 3.63) is 35.4 Å². The predicted octanol–water partition coefficient (Wildman–Crippen LogP) is 2.54. The highest BCUT2D eigenvalue weighted by molar-refractivity contribution is 5.81. The standard InChI is InChI=1S/C21H26N2O/c1-3-10-22(11-16-6-4-15(2)5-7-16)12-18-19-13-23(14-20(18)19)21(24)17-8-9-17/h1,4-7,17-20H,8-14H2,2H3/t18?,19-,20+. The van der Waals surface area contributed by atoms with Gasteiger partial charge in [0.1, 0.15) is 0 Å². The Morgan fingerprint density at radius 1 is 1.25 bits per heavy atom. The van der Waals surface area contributed by atoms with E-state index in [1.807, 2.05) is 0 Å². The molecule has 1 saturated heterocycles. The van der Waals surface area contributed by atoms with Crippen LogP contribution < -0.4 is 0 Å². The zero-order valence-electron chi connectivity index (χ0n) is 14.4. The van der Waals surface area contributed by atoms with E-state index in [1.54, 1.807) is 0 Å². The van der Waals surface area contributed by atoms with Crippen molar-refractivity contribution in [3.63, 3.8) is 0 Å². The van der Waals surface area contributed by atoms with E-state index in [-0.39, 0.29) is 0 Å². The van der Waals surface area contributed by atoms with Gasteiger partial charge in [-0.1, -0.05) is 35.7 Å². The average molecular weight is 322 g/mol. The van der Waals surface area contributed by atoms with Crippen LogP contribution in [0, 0.1) is 42.9 Å². The Labute approximate surface area is 145 Å². The number of nitrogens with zero attached hydrogens (tertiary/aromatic N) is 2. The van der Waals surface area contributed by atoms with Gasteiger partial charge in [0, 0.05) is 32.1 Å². The number of terminal acetylenes is 1. The number of likely N-dealkylation sites (tertiary alicyclic amines) is 1. The minimum atomic E-state index is 0.362. The molecule has 24 heavy (non-hydrogen) atoms. The lowest BCUT2D eigenvalue weighted by molar-refractivity contribution is -0.132. The van der Waals surface area contributed by atoms with Crippen LogP contribution in [-0.4, -0.2) is 41.9 Å². The van der Waals surface area contributed by atoms with E-state index in [4.69, 9.17) is 6.42 Å². The van der Waals surface area contributed by atoms with Gasteiger partial charge in [0.25, 0.3) is 0 Å². The summed E-state index contributed by atoms with van der Waals surface area (Å²) in [7, 11) is 0. The Morgan fingerprint density at radius 2 is 1.92 bits per heavy atom. The van der Waals surface area contributed by atoms with Gasteiger partial charge in [-0.15, -0.1) is 6.42 Å². The van der Waals surface area contributed by atoms with E-state index < -0.39 is 0 Å². The smallest absolute Gasteiger partial charge is 0.225 e. The van der Waals surface area contributed by atoms with Crippen LogP contribution in [0.1, 0.15) is 24.0 Å². The molecule has 2 aliphatic carbocycles. The molecule has 3 nitrogen and oxygen atoms in total. The van der Waals surface area contributed by atoms with Crippen LogP contribution in [0.15, 0.2) is 24.3 Å². The van der Waals surface area contributed by atoms with Crippen LogP contribution in [0.2, 0.25) is 0 Å². The maximum absolute atomic E-state index is 12.2. The summed E-state index contributed by atoms with van der Waals surface area (Å²) in [5.41, 5.74) is 2.62. The fourth-order valence-corrected chi connectivity index (χ4v) is 4.25. The largest absolute Gasteiger partial charge is 0.342 e. The molecule has 0 spiro atoms. The first kappa shape index (κ1) is 15.7. The molecule has 0 N–H and O–H groups in total. The molecule has 1 aromatic rings. The highest BCUT2D eigenvalue weighted by Crippen LogP contribution is 2.52. The lowest BCUT2D eigenvalue weighted by Gasteiger charge is -2.24. The van der Waals surface area contributed by atoms with Gasteiger partial charge in [0.05, 0.1) is 6.54 Å². The topological polar surface area (TPSA) is 23.6 Å². The first-order valence-electron chi connectivity index (χ1n) is 9.16. The van der Waals surface area contributed by atoms with Crippen LogP contribution in [0.5, 0.6) is 0 Å². The Balaban J connectivity index is 1.30. The average Bonchev–Trinajstić information content (AvgIpc) is 3.48. The second kappa shape index (κ2) is 6.26. The lowest BCUT2D eigenvalue weighted by atomic mass is 10.1. The third kappa shape index (κ3) is 3.21. The van der Waals surface area contributed by atoms with Crippen LogP contribution in [0.4, 0.5) is 0 Å². The van der Waals surface area contributed by atoms with Gasteiger partial charge in [-0.05, 0) is 43.1 Å². The Kier molecular flexibility index (Phi) is 4.10. The molecule has 1 aliphatic heterocycles. The van der Waals surface area contributed by atoms with E-state index in [1.165, 1.54) is 11.1 Å². The van der Waals surface area contributed by atoms with Gasteiger partial charge in [-0.2, -0.15) is 0 Å². The summed E-state index contributed by atoms with van der Waals surface area (Å²) in [5, 5.41) is 0. The Bertz CT molecular complexity index is 643. The number of aryl methyl sites for hydroxylation is 1. The number of hydrogen-bond acceptors (Lipinski definition) is 2. The highest BCUT2D eigenvalue weighted by Gasteiger charge is 2.57. The van der Waals surface area contributed by atoms with Crippen molar-refractivity contribution in [1.29, 1.82) is 0 Å². The second-order valence-electron chi connectivity index (χ2n) is 7.87. The summed E-state index contributed by atoms with van der Waals surface area (Å²) in [6, 6.07) is 8.72. The molecule has 1 heterocycles. The van der Waals surface area contributed by atoms with Crippen LogP contribution >= 0.6 is 0 Å². The van der Waals surface area contributed by atoms with E-state index >= 15 is 0 Å². The molecule has 3 atom stereocenters. The first-order chi connectivity index (χ1) is 11.7. The molecular weight excluding hydrogens is 296 g/mol. The quantitative estimate of drug-likeness (QED) is 0.752. The maximum Gasteiger partial charge on any atom is 0.225 e. The van der Waals surface area contributed by atoms with Gasteiger partial charge in [-0.25, -0.2) is 0 Å². The van der Waals surface area contributed by atoms with E-state index in [0.29, 0.717) is 30.2 Å². The normalized spacial score (nSPS) is 27.9. The molecule has 0 aromatic heterocycles. The molecule has 0 bridgehead atoms. The van der Waals surface area contributed by atoms with Gasteiger partial charge in [0.15, 0.2) is 0 Å². The van der Waals surface area contributed by atoms with E-state index in [2.05, 4.69) is 46.9 Å². The number of benzene rings is 1. The van der Waals surface area contributed by atoms with Crippen molar-refractivity contribution >= 4 is 5.91 Å². The summed E-state index contributed by atoms with van der Waals surface area (Å²) < 4.78 is 0. The maximum atomic E-state index is 12.2. The monoisotopic (exact) mass is 322 g/mol. The van der Waals surface area contributed by atoms with Crippen molar-refractivity contribution in [3.8, 4) is 12.3 Å². The Morgan fingerprint density at radius 3 is 2.50 bits per heavy atom. The number of rotatable bonds is 6. The SMILES string of the molecule is C#CCN(Cc1ccc(C)cc1)CC1[C@H]2CN(C(=O)C3CC3)C[C@@H]12. The zero-order chi connectivity index (χ0) is 16.7. The second-order valence-corrected chi connectivity index (χ2v) is 7.87. The fraction of sp³-hybridized carbons (Fsp3) is 0.571. The van der Waals surface area contributed by atoms with Crippen molar-refractivity contribution in [2.24, 2.45) is 23.7 Å². The third-order valence-corrected chi connectivity index (χ3v) is 5.92. The highest BCUT2D eigenvalue weighted by atomic mass is 16.2. The molecule has 3 heteroatoms. The molecule has 0 radical (unpaired) electrons. The summed E-state index contributed by atoms with van der Waals surface area (Å²) in [6.07, 6.45) is 7.80.